The standard InChI is InChI=1S/C17H17NO7S/c18-16(25-11-6-7-14(19)13(10-11)17(21)22)15(20)8-9-26(23,24)12-4-2-1-3-5-12/h1-7,10,16,19H,8-9,18H2,(H,21,22). The maximum Gasteiger partial charge on any atom is 0.339 e. The summed E-state index contributed by atoms with van der Waals surface area (Å²) in [7, 11) is -3.63. The molecule has 0 aliphatic rings. The van der Waals surface area contributed by atoms with Crippen molar-refractivity contribution >= 4 is 21.6 Å². The highest BCUT2D eigenvalue weighted by Crippen LogP contribution is 2.23. The minimum absolute atomic E-state index is 0.0352. The van der Waals surface area contributed by atoms with Gasteiger partial charge in [0.2, 0.25) is 6.23 Å². The first kappa shape index (κ1) is 19.4. The molecule has 2 aromatic rings. The molecule has 0 radical (unpaired) electrons. The van der Waals surface area contributed by atoms with Gasteiger partial charge in [0.25, 0.3) is 0 Å². The van der Waals surface area contributed by atoms with Gasteiger partial charge in [-0.1, -0.05) is 18.2 Å². The highest BCUT2D eigenvalue weighted by molar-refractivity contribution is 7.91. The van der Waals surface area contributed by atoms with Crippen molar-refractivity contribution < 1.29 is 33.0 Å². The Morgan fingerprint density at radius 1 is 1.12 bits per heavy atom. The zero-order valence-corrected chi connectivity index (χ0v) is 14.3. The van der Waals surface area contributed by atoms with Crippen LogP contribution in [0.5, 0.6) is 11.5 Å². The predicted molar refractivity (Wildman–Crippen MR) is 91.8 cm³/mol. The summed E-state index contributed by atoms with van der Waals surface area (Å²) in [4.78, 5) is 23.1. The monoisotopic (exact) mass is 379 g/mol. The van der Waals surface area contributed by atoms with Crippen molar-refractivity contribution in [3.63, 3.8) is 0 Å². The summed E-state index contributed by atoms with van der Waals surface area (Å²) in [5.41, 5.74) is 5.20. The van der Waals surface area contributed by atoms with Crippen molar-refractivity contribution in [1.82, 2.24) is 0 Å². The fourth-order valence-corrected chi connectivity index (χ4v) is 3.37. The van der Waals surface area contributed by atoms with Crippen LogP contribution in [-0.2, 0) is 14.6 Å². The van der Waals surface area contributed by atoms with Crippen LogP contribution < -0.4 is 10.5 Å². The van der Waals surface area contributed by atoms with Crippen LogP contribution in [0.15, 0.2) is 53.4 Å². The third-order valence-corrected chi connectivity index (χ3v) is 5.23. The zero-order valence-electron chi connectivity index (χ0n) is 13.5. The number of aromatic carboxylic acids is 1. The molecule has 8 nitrogen and oxygen atoms in total. The zero-order chi connectivity index (χ0) is 19.3. The third kappa shape index (κ3) is 4.80. The molecular weight excluding hydrogens is 362 g/mol. The predicted octanol–water partition coefficient (Wildman–Crippen LogP) is 1.19. The van der Waals surface area contributed by atoms with E-state index in [9.17, 15) is 23.1 Å². The van der Waals surface area contributed by atoms with Crippen LogP contribution in [0.4, 0.5) is 0 Å². The number of Topliss-reactive ketones (excluding diaryl/α,β-unsaturated/α-hetero) is 1. The lowest BCUT2D eigenvalue weighted by atomic mass is 10.2. The Bertz CT molecular complexity index is 910. The molecule has 0 aliphatic heterocycles. The van der Waals surface area contributed by atoms with E-state index < -0.39 is 44.9 Å². The Morgan fingerprint density at radius 2 is 1.77 bits per heavy atom. The number of phenols is 1. The first-order chi connectivity index (χ1) is 12.2. The van der Waals surface area contributed by atoms with Crippen LogP contribution in [0.1, 0.15) is 16.8 Å². The third-order valence-electron chi connectivity index (χ3n) is 3.50. The molecule has 0 spiro atoms. The van der Waals surface area contributed by atoms with E-state index in [1.165, 1.54) is 18.2 Å². The van der Waals surface area contributed by atoms with Crippen molar-refractivity contribution in [2.24, 2.45) is 5.73 Å². The molecule has 0 fully saturated rings. The second kappa shape index (κ2) is 7.98. The molecule has 0 bridgehead atoms. The van der Waals surface area contributed by atoms with Gasteiger partial charge in [0, 0.05) is 6.42 Å². The lowest BCUT2D eigenvalue weighted by Crippen LogP contribution is -2.37. The van der Waals surface area contributed by atoms with Crippen molar-refractivity contribution in [2.75, 3.05) is 5.75 Å². The number of hydrogen-bond donors (Lipinski definition) is 3. The molecule has 2 rings (SSSR count). The highest BCUT2D eigenvalue weighted by atomic mass is 32.2. The summed E-state index contributed by atoms with van der Waals surface area (Å²) in [5, 5.41) is 18.4. The average molecular weight is 379 g/mol. The maximum atomic E-state index is 12.1. The van der Waals surface area contributed by atoms with Gasteiger partial charge in [0.1, 0.15) is 17.1 Å². The van der Waals surface area contributed by atoms with Gasteiger partial charge in [-0.25, -0.2) is 13.2 Å². The molecule has 2 aromatic carbocycles. The van der Waals surface area contributed by atoms with Crippen molar-refractivity contribution in [2.45, 2.75) is 17.5 Å². The Morgan fingerprint density at radius 3 is 2.38 bits per heavy atom. The number of ether oxygens (including phenoxy) is 1. The van der Waals surface area contributed by atoms with E-state index >= 15 is 0 Å². The number of ketones is 1. The van der Waals surface area contributed by atoms with Gasteiger partial charge in [-0.3, -0.25) is 10.5 Å². The van der Waals surface area contributed by atoms with E-state index in [2.05, 4.69) is 0 Å². The molecule has 138 valence electrons. The number of carbonyl (C=O) groups excluding carboxylic acids is 1. The Kier molecular flexibility index (Phi) is 5.96. The second-order valence-corrected chi connectivity index (χ2v) is 7.48. The number of aromatic hydroxyl groups is 1. The molecule has 0 aliphatic carbocycles. The molecule has 0 saturated carbocycles. The number of sulfone groups is 1. The van der Waals surface area contributed by atoms with Gasteiger partial charge in [-0.2, -0.15) is 0 Å². The Hall–Kier alpha value is -2.91. The molecule has 1 atom stereocenters. The van der Waals surface area contributed by atoms with Gasteiger partial charge >= 0.3 is 5.97 Å². The highest BCUT2D eigenvalue weighted by Gasteiger charge is 2.21. The van der Waals surface area contributed by atoms with E-state index in [0.29, 0.717) is 0 Å². The smallest absolute Gasteiger partial charge is 0.339 e. The maximum absolute atomic E-state index is 12.1. The van der Waals surface area contributed by atoms with Crippen molar-refractivity contribution in [3.8, 4) is 11.5 Å². The summed E-state index contributed by atoms with van der Waals surface area (Å²) in [6, 6.07) is 11.1. The molecule has 4 N–H and O–H groups in total. The normalized spacial score (nSPS) is 12.3. The van der Waals surface area contributed by atoms with E-state index in [0.717, 1.165) is 12.1 Å². The number of rotatable bonds is 8. The number of nitrogens with two attached hydrogens (primary N) is 1. The average Bonchev–Trinajstić information content (AvgIpc) is 2.61. The molecule has 9 heteroatoms. The molecule has 1 unspecified atom stereocenters. The van der Waals surface area contributed by atoms with Gasteiger partial charge in [-0.05, 0) is 30.3 Å². The van der Waals surface area contributed by atoms with E-state index in [-0.39, 0.29) is 17.1 Å². The van der Waals surface area contributed by atoms with Crippen LogP contribution in [0.3, 0.4) is 0 Å². The minimum Gasteiger partial charge on any atom is -0.507 e. The number of benzene rings is 2. The molecule has 0 aromatic heterocycles. The van der Waals surface area contributed by atoms with Crippen LogP contribution in [0.2, 0.25) is 0 Å². The SMILES string of the molecule is NC(Oc1ccc(O)c(C(=O)O)c1)C(=O)CCS(=O)(=O)c1ccccc1. The van der Waals surface area contributed by atoms with Gasteiger partial charge in [-0.15, -0.1) is 0 Å². The summed E-state index contributed by atoms with van der Waals surface area (Å²) < 4.78 is 29.4. The number of carboxylic acids is 1. The Balaban J connectivity index is 2.00. The molecule has 0 heterocycles. The van der Waals surface area contributed by atoms with Gasteiger partial charge < -0.3 is 14.9 Å². The number of hydrogen-bond acceptors (Lipinski definition) is 7. The first-order valence-electron chi connectivity index (χ1n) is 7.50. The van der Waals surface area contributed by atoms with Crippen LogP contribution >= 0.6 is 0 Å². The molecule has 26 heavy (non-hydrogen) atoms. The summed E-state index contributed by atoms with van der Waals surface area (Å²) in [6.45, 7) is 0. The Labute approximate surface area is 149 Å². The fourth-order valence-electron chi connectivity index (χ4n) is 2.09. The number of carbonyl (C=O) groups is 2. The van der Waals surface area contributed by atoms with Crippen LogP contribution in [0, 0.1) is 0 Å². The minimum atomic E-state index is -3.63. The molecular formula is C17H17NO7S. The summed E-state index contributed by atoms with van der Waals surface area (Å²) in [6.07, 6.45) is -1.82. The number of carboxylic acid groups (broad SMARTS) is 1. The van der Waals surface area contributed by atoms with Gasteiger partial charge in [0.15, 0.2) is 15.6 Å². The largest absolute Gasteiger partial charge is 0.507 e. The van der Waals surface area contributed by atoms with Crippen LogP contribution in [-0.4, -0.2) is 42.4 Å². The van der Waals surface area contributed by atoms with E-state index in [4.69, 9.17) is 15.6 Å². The van der Waals surface area contributed by atoms with E-state index in [1.807, 2.05) is 0 Å². The lowest BCUT2D eigenvalue weighted by Gasteiger charge is -2.14. The van der Waals surface area contributed by atoms with Crippen molar-refractivity contribution in [3.05, 3.63) is 54.1 Å². The molecule has 0 saturated heterocycles. The second-order valence-electron chi connectivity index (χ2n) is 5.37. The quantitative estimate of drug-likeness (QED) is 0.580. The lowest BCUT2D eigenvalue weighted by molar-refractivity contribution is -0.125. The fraction of sp³-hybridized carbons (Fsp3) is 0.176. The summed E-state index contributed by atoms with van der Waals surface area (Å²) >= 11 is 0. The molecule has 0 amide bonds. The first-order valence-corrected chi connectivity index (χ1v) is 9.15. The van der Waals surface area contributed by atoms with Crippen LogP contribution in [0.25, 0.3) is 0 Å². The van der Waals surface area contributed by atoms with Crippen molar-refractivity contribution in [1.29, 1.82) is 0 Å². The van der Waals surface area contributed by atoms with Gasteiger partial charge in [0.05, 0.1) is 10.6 Å². The topological polar surface area (TPSA) is 144 Å². The summed E-state index contributed by atoms with van der Waals surface area (Å²) in [5.74, 6) is -2.95. The van der Waals surface area contributed by atoms with E-state index in [1.54, 1.807) is 18.2 Å².